The average molecular weight is 234 g/mol. The molecule has 0 aromatic heterocycles. The number of benzene rings is 1. The first kappa shape index (κ1) is 12.3. The highest BCUT2D eigenvalue weighted by Gasteiger charge is 2.25. The molecular formula is C14H18O3. The van der Waals surface area contributed by atoms with E-state index in [0.717, 1.165) is 6.42 Å². The lowest BCUT2D eigenvalue weighted by Crippen LogP contribution is -2.23. The summed E-state index contributed by atoms with van der Waals surface area (Å²) >= 11 is 0. The van der Waals surface area contributed by atoms with Crippen molar-refractivity contribution in [2.24, 2.45) is 0 Å². The Kier molecular flexibility index (Phi) is 3.94. The van der Waals surface area contributed by atoms with E-state index in [4.69, 9.17) is 9.47 Å². The molecule has 2 unspecified atom stereocenters. The van der Waals surface area contributed by atoms with Crippen LogP contribution in [0, 0.1) is 0 Å². The van der Waals surface area contributed by atoms with Gasteiger partial charge in [-0.2, -0.15) is 0 Å². The van der Waals surface area contributed by atoms with Crippen molar-refractivity contribution in [1.29, 1.82) is 0 Å². The number of fused-ring (bicyclic) bond motifs is 1. The molecule has 1 N–H and O–H groups in total. The quantitative estimate of drug-likeness (QED) is 0.466. The van der Waals surface area contributed by atoms with Crippen LogP contribution in [0.2, 0.25) is 0 Å². The Morgan fingerprint density at radius 2 is 2.24 bits per heavy atom. The third-order valence-electron chi connectivity index (χ3n) is 2.91. The minimum atomic E-state index is -0.882. The van der Waals surface area contributed by atoms with Gasteiger partial charge in [-0.05, 0) is 23.6 Å². The van der Waals surface area contributed by atoms with E-state index in [2.05, 4.69) is 18.7 Å². The van der Waals surface area contributed by atoms with Gasteiger partial charge in [0.25, 0.3) is 0 Å². The second-order valence-corrected chi connectivity index (χ2v) is 4.33. The number of hydrogen-bond acceptors (Lipinski definition) is 3. The van der Waals surface area contributed by atoms with E-state index in [1.807, 2.05) is 12.1 Å². The van der Waals surface area contributed by atoms with Crippen molar-refractivity contribution in [3.8, 4) is 0 Å². The summed E-state index contributed by atoms with van der Waals surface area (Å²) in [6.07, 6.45) is 0.281. The molecule has 0 saturated carbocycles. The van der Waals surface area contributed by atoms with Crippen LogP contribution in [0.15, 0.2) is 36.4 Å². The average Bonchev–Trinajstić information content (AvgIpc) is 2.29. The van der Waals surface area contributed by atoms with Gasteiger partial charge in [0, 0.05) is 6.42 Å². The lowest BCUT2D eigenvalue weighted by Gasteiger charge is -2.30. The maximum atomic E-state index is 9.34. The van der Waals surface area contributed by atoms with E-state index in [0.29, 0.717) is 18.8 Å². The van der Waals surface area contributed by atoms with Gasteiger partial charge in [-0.25, -0.2) is 0 Å². The Hall–Kier alpha value is -1.16. The third-order valence-corrected chi connectivity index (χ3v) is 2.91. The zero-order valence-corrected chi connectivity index (χ0v) is 10.1. The van der Waals surface area contributed by atoms with E-state index in [1.165, 1.54) is 11.1 Å². The van der Waals surface area contributed by atoms with Gasteiger partial charge in [0.2, 0.25) is 0 Å². The van der Waals surface area contributed by atoms with Gasteiger partial charge in [0.05, 0.1) is 19.3 Å². The minimum Gasteiger partial charge on any atom is -0.371 e. The number of aliphatic hydroxyl groups is 1. The van der Waals surface area contributed by atoms with Gasteiger partial charge in [-0.1, -0.05) is 30.8 Å². The van der Waals surface area contributed by atoms with E-state index in [1.54, 1.807) is 6.92 Å². The predicted octanol–water partition coefficient (Wildman–Crippen LogP) is 2.21. The minimum absolute atomic E-state index is 0.191. The molecule has 1 aliphatic carbocycles. The van der Waals surface area contributed by atoms with Crippen LogP contribution in [0.3, 0.4) is 0 Å². The molecule has 1 aliphatic rings. The highest BCUT2D eigenvalue weighted by atomic mass is 16.6. The topological polar surface area (TPSA) is 38.7 Å². The van der Waals surface area contributed by atoms with Crippen LogP contribution in [0.1, 0.15) is 24.2 Å². The molecule has 0 amide bonds. The zero-order chi connectivity index (χ0) is 12.3. The summed E-state index contributed by atoms with van der Waals surface area (Å²) in [5.41, 5.74) is 3.24. The summed E-state index contributed by atoms with van der Waals surface area (Å²) in [5, 5.41) is 9.34. The number of rotatable bonds is 6. The van der Waals surface area contributed by atoms with Gasteiger partial charge < -0.3 is 14.6 Å². The molecule has 0 bridgehead atoms. The van der Waals surface area contributed by atoms with Crippen LogP contribution in [0.25, 0.3) is 0 Å². The molecule has 1 aromatic rings. The van der Waals surface area contributed by atoms with Gasteiger partial charge in [0.1, 0.15) is 0 Å². The van der Waals surface area contributed by atoms with Crippen LogP contribution in [-0.2, 0) is 15.9 Å². The van der Waals surface area contributed by atoms with Crippen molar-refractivity contribution in [1.82, 2.24) is 0 Å². The van der Waals surface area contributed by atoms with Crippen molar-refractivity contribution in [2.75, 3.05) is 13.2 Å². The van der Waals surface area contributed by atoms with Gasteiger partial charge in [-0.15, -0.1) is 0 Å². The van der Waals surface area contributed by atoms with Crippen molar-refractivity contribution in [2.45, 2.75) is 25.7 Å². The first-order chi connectivity index (χ1) is 8.18. The summed E-state index contributed by atoms with van der Waals surface area (Å²) in [7, 11) is 0. The summed E-state index contributed by atoms with van der Waals surface area (Å²) in [6, 6.07) is 8.28. The number of aliphatic hydroxyl groups excluding tert-OH is 1. The number of hydrogen-bond donors (Lipinski definition) is 1. The zero-order valence-electron chi connectivity index (χ0n) is 10.1. The highest BCUT2D eigenvalue weighted by Crippen LogP contribution is 2.35. The van der Waals surface area contributed by atoms with E-state index in [9.17, 15) is 5.11 Å². The second-order valence-electron chi connectivity index (χ2n) is 4.33. The first-order valence-electron chi connectivity index (χ1n) is 5.83. The van der Waals surface area contributed by atoms with Gasteiger partial charge in [0.15, 0.2) is 6.29 Å². The summed E-state index contributed by atoms with van der Waals surface area (Å²) in [4.78, 5) is 0. The lowest BCUT2D eigenvalue weighted by atomic mass is 9.85. The molecule has 2 rings (SSSR count). The summed E-state index contributed by atoms with van der Waals surface area (Å²) in [6.45, 7) is 6.21. The van der Waals surface area contributed by atoms with Crippen LogP contribution < -0.4 is 0 Å². The highest BCUT2D eigenvalue weighted by molar-refractivity contribution is 5.37. The van der Waals surface area contributed by atoms with Crippen molar-refractivity contribution in [3.05, 3.63) is 47.5 Å². The van der Waals surface area contributed by atoms with Crippen LogP contribution in [0.4, 0.5) is 0 Å². The molecule has 3 heteroatoms. The largest absolute Gasteiger partial charge is 0.371 e. The fourth-order valence-electron chi connectivity index (χ4n) is 1.85. The second kappa shape index (κ2) is 5.45. The van der Waals surface area contributed by atoms with Crippen LogP contribution in [-0.4, -0.2) is 24.6 Å². The standard InChI is InChI=1S/C14H18O3/c1-10(2)14(15)17-8-7-16-13-9-11-5-3-4-6-12(11)13/h3-6,13-15H,1,7-9H2,2H3. The van der Waals surface area contributed by atoms with Crippen molar-refractivity contribution >= 4 is 0 Å². The Bertz CT molecular complexity index is 400. The molecule has 92 valence electrons. The van der Waals surface area contributed by atoms with E-state index in [-0.39, 0.29) is 6.10 Å². The Balaban J connectivity index is 1.67. The van der Waals surface area contributed by atoms with Crippen LogP contribution in [0.5, 0.6) is 0 Å². The lowest BCUT2D eigenvalue weighted by molar-refractivity contribution is -0.0976. The van der Waals surface area contributed by atoms with Crippen LogP contribution >= 0.6 is 0 Å². The molecule has 3 nitrogen and oxygen atoms in total. The maximum Gasteiger partial charge on any atom is 0.176 e. The molecule has 17 heavy (non-hydrogen) atoms. The molecule has 0 heterocycles. The van der Waals surface area contributed by atoms with Gasteiger partial charge in [-0.3, -0.25) is 0 Å². The first-order valence-corrected chi connectivity index (χ1v) is 5.83. The van der Waals surface area contributed by atoms with Crippen molar-refractivity contribution in [3.63, 3.8) is 0 Å². The monoisotopic (exact) mass is 234 g/mol. The Labute approximate surface area is 102 Å². The molecule has 0 radical (unpaired) electrons. The third kappa shape index (κ3) is 2.94. The Morgan fingerprint density at radius 3 is 2.94 bits per heavy atom. The molecule has 0 fully saturated rings. The molecule has 1 aromatic carbocycles. The predicted molar refractivity (Wildman–Crippen MR) is 65.6 cm³/mol. The maximum absolute atomic E-state index is 9.34. The molecule has 0 spiro atoms. The van der Waals surface area contributed by atoms with Crippen molar-refractivity contribution < 1.29 is 14.6 Å². The summed E-state index contributed by atoms with van der Waals surface area (Å²) in [5.74, 6) is 0. The van der Waals surface area contributed by atoms with E-state index < -0.39 is 6.29 Å². The molecular weight excluding hydrogens is 216 g/mol. The molecule has 0 aliphatic heterocycles. The SMILES string of the molecule is C=C(C)C(O)OCCOC1Cc2ccccc21. The number of ether oxygens (including phenoxy) is 2. The Morgan fingerprint density at radius 1 is 1.47 bits per heavy atom. The van der Waals surface area contributed by atoms with E-state index >= 15 is 0 Å². The van der Waals surface area contributed by atoms with Gasteiger partial charge >= 0.3 is 0 Å². The normalized spacial score (nSPS) is 19.3. The molecule has 0 saturated heterocycles. The fourth-order valence-corrected chi connectivity index (χ4v) is 1.85. The molecule has 2 atom stereocenters. The summed E-state index contributed by atoms with van der Waals surface area (Å²) < 4.78 is 10.8. The fraction of sp³-hybridized carbons (Fsp3) is 0.429. The smallest absolute Gasteiger partial charge is 0.176 e.